The zero-order valence-corrected chi connectivity index (χ0v) is 14.5. The molecule has 1 aromatic heterocycles. The lowest BCUT2D eigenvalue weighted by atomic mass is 9.78. The van der Waals surface area contributed by atoms with Crippen molar-refractivity contribution in [3.8, 4) is 0 Å². The largest absolute Gasteiger partial charge is 0.467 e. The van der Waals surface area contributed by atoms with Gasteiger partial charge in [-0.1, -0.05) is 0 Å². The molecule has 1 spiro atoms. The van der Waals surface area contributed by atoms with E-state index in [2.05, 4.69) is 15.5 Å². The zero-order valence-electron chi connectivity index (χ0n) is 14.5. The standard InChI is InChI=1S/C17H26N4O3/c1-12(2)19-15(22)14-7-17(9-20(14)3)10-21(11-17)16(23)18-8-13-5-4-6-24-13/h4-6,12,14H,7-11H2,1-3H3,(H,18,23)(H,19,22). The highest BCUT2D eigenvalue weighted by molar-refractivity contribution is 5.82. The molecular formula is C17H26N4O3. The fourth-order valence-electron chi connectivity index (χ4n) is 3.77. The lowest BCUT2D eigenvalue weighted by Gasteiger charge is -2.47. The third-order valence-corrected chi connectivity index (χ3v) is 4.81. The van der Waals surface area contributed by atoms with Crippen molar-refractivity contribution in [3.05, 3.63) is 24.2 Å². The third kappa shape index (κ3) is 3.40. The average Bonchev–Trinajstić information content (AvgIpc) is 3.09. The summed E-state index contributed by atoms with van der Waals surface area (Å²) in [5, 5.41) is 5.85. The molecule has 7 nitrogen and oxygen atoms in total. The van der Waals surface area contributed by atoms with Gasteiger partial charge in [0.1, 0.15) is 5.76 Å². The first-order valence-electron chi connectivity index (χ1n) is 8.44. The second kappa shape index (κ2) is 6.47. The Morgan fingerprint density at radius 1 is 1.38 bits per heavy atom. The number of carbonyl (C=O) groups excluding carboxylic acids is 2. The molecule has 1 unspecified atom stereocenters. The molecule has 1 aromatic rings. The summed E-state index contributed by atoms with van der Waals surface area (Å²) in [5.41, 5.74) is 0.0513. The van der Waals surface area contributed by atoms with Gasteiger partial charge in [-0.2, -0.15) is 0 Å². The minimum absolute atomic E-state index is 0.0513. The first-order chi connectivity index (χ1) is 11.4. The number of nitrogens with one attached hydrogen (secondary N) is 2. The molecule has 7 heteroatoms. The van der Waals surface area contributed by atoms with E-state index in [4.69, 9.17) is 4.42 Å². The maximum absolute atomic E-state index is 12.3. The summed E-state index contributed by atoms with van der Waals surface area (Å²) in [6.07, 6.45) is 2.40. The molecule has 0 saturated carbocycles. The number of amides is 3. The lowest BCUT2D eigenvalue weighted by molar-refractivity contribution is -0.125. The van der Waals surface area contributed by atoms with Crippen LogP contribution in [0.25, 0.3) is 0 Å². The van der Waals surface area contributed by atoms with Gasteiger partial charge in [0.25, 0.3) is 0 Å². The number of hydrogen-bond acceptors (Lipinski definition) is 4. The number of rotatable bonds is 4. The van der Waals surface area contributed by atoms with Crippen molar-refractivity contribution >= 4 is 11.9 Å². The van der Waals surface area contributed by atoms with Crippen LogP contribution in [0.3, 0.4) is 0 Å². The van der Waals surface area contributed by atoms with Gasteiger partial charge in [0.15, 0.2) is 0 Å². The summed E-state index contributed by atoms with van der Waals surface area (Å²) in [6.45, 7) is 6.59. The van der Waals surface area contributed by atoms with Crippen LogP contribution >= 0.6 is 0 Å². The Balaban J connectivity index is 1.48. The van der Waals surface area contributed by atoms with Crippen molar-refractivity contribution in [2.24, 2.45) is 5.41 Å². The SMILES string of the molecule is CC(C)NC(=O)C1CC2(CN(C(=O)NCc3ccco3)C2)CN1C. The second-order valence-electron chi connectivity index (χ2n) is 7.39. The van der Waals surface area contributed by atoms with E-state index in [0.717, 1.165) is 18.7 Å². The van der Waals surface area contributed by atoms with Gasteiger partial charge in [0.2, 0.25) is 5.91 Å². The molecule has 2 aliphatic heterocycles. The van der Waals surface area contributed by atoms with Gasteiger partial charge in [0.05, 0.1) is 18.8 Å². The van der Waals surface area contributed by atoms with Gasteiger partial charge in [-0.3, -0.25) is 9.69 Å². The van der Waals surface area contributed by atoms with Crippen molar-refractivity contribution in [1.29, 1.82) is 0 Å². The van der Waals surface area contributed by atoms with E-state index in [0.29, 0.717) is 19.6 Å². The maximum atomic E-state index is 12.3. The van der Waals surface area contributed by atoms with Crippen LogP contribution in [0, 0.1) is 5.41 Å². The van der Waals surface area contributed by atoms with Crippen molar-refractivity contribution < 1.29 is 14.0 Å². The highest BCUT2D eigenvalue weighted by Crippen LogP contribution is 2.42. The van der Waals surface area contributed by atoms with E-state index in [1.54, 1.807) is 17.2 Å². The smallest absolute Gasteiger partial charge is 0.317 e. The molecule has 1 atom stereocenters. The summed E-state index contributed by atoms with van der Waals surface area (Å²) in [4.78, 5) is 28.4. The van der Waals surface area contributed by atoms with Crippen molar-refractivity contribution in [2.45, 2.75) is 38.9 Å². The van der Waals surface area contributed by atoms with E-state index >= 15 is 0 Å². The molecule has 2 saturated heterocycles. The van der Waals surface area contributed by atoms with Gasteiger partial charge in [-0.15, -0.1) is 0 Å². The highest BCUT2D eigenvalue weighted by Gasteiger charge is 2.53. The van der Waals surface area contributed by atoms with E-state index < -0.39 is 0 Å². The summed E-state index contributed by atoms with van der Waals surface area (Å²) in [6, 6.07) is 3.61. The van der Waals surface area contributed by atoms with E-state index in [-0.39, 0.29) is 29.4 Å². The summed E-state index contributed by atoms with van der Waals surface area (Å²) >= 11 is 0. The fourth-order valence-corrected chi connectivity index (χ4v) is 3.77. The number of nitrogens with zero attached hydrogens (tertiary/aromatic N) is 2. The van der Waals surface area contributed by atoms with E-state index in [1.165, 1.54) is 0 Å². The minimum atomic E-state index is -0.0965. The Morgan fingerprint density at radius 2 is 2.12 bits per heavy atom. The second-order valence-corrected chi connectivity index (χ2v) is 7.39. The summed E-state index contributed by atoms with van der Waals surface area (Å²) in [5.74, 6) is 0.828. The van der Waals surface area contributed by atoms with Crippen molar-refractivity contribution in [3.63, 3.8) is 0 Å². The van der Waals surface area contributed by atoms with Crippen LogP contribution in [0.15, 0.2) is 22.8 Å². The third-order valence-electron chi connectivity index (χ3n) is 4.81. The fraction of sp³-hybridized carbons (Fsp3) is 0.647. The Morgan fingerprint density at radius 3 is 2.75 bits per heavy atom. The van der Waals surface area contributed by atoms with Crippen LogP contribution in [0.4, 0.5) is 4.79 Å². The molecule has 3 rings (SSSR count). The predicted octanol–water partition coefficient (Wildman–Crippen LogP) is 1.02. The van der Waals surface area contributed by atoms with Gasteiger partial charge in [0, 0.05) is 31.1 Å². The molecule has 3 heterocycles. The van der Waals surface area contributed by atoms with E-state index in [9.17, 15) is 9.59 Å². The number of urea groups is 1. The minimum Gasteiger partial charge on any atom is -0.467 e. The number of likely N-dealkylation sites (N-methyl/N-ethyl adjacent to an activating group) is 1. The molecule has 2 aliphatic rings. The van der Waals surface area contributed by atoms with Crippen molar-refractivity contribution in [1.82, 2.24) is 20.4 Å². The quantitative estimate of drug-likeness (QED) is 0.862. The van der Waals surface area contributed by atoms with E-state index in [1.807, 2.05) is 27.0 Å². The molecule has 3 amide bonds. The van der Waals surface area contributed by atoms with Crippen LogP contribution in [-0.4, -0.2) is 60.5 Å². The van der Waals surface area contributed by atoms with Gasteiger partial charge < -0.3 is 20.0 Å². The molecule has 132 valence electrons. The highest BCUT2D eigenvalue weighted by atomic mass is 16.3. The predicted molar refractivity (Wildman–Crippen MR) is 89.3 cm³/mol. The molecule has 0 aromatic carbocycles. The van der Waals surface area contributed by atoms with Crippen LogP contribution in [-0.2, 0) is 11.3 Å². The van der Waals surface area contributed by atoms with Crippen LogP contribution in [0.5, 0.6) is 0 Å². The van der Waals surface area contributed by atoms with Crippen LogP contribution in [0.2, 0.25) is 0 Å². The molecule has 2 N–H and O–H groups in total. The summed E-state index contributed by atoms with van der Waals surface area (Å²) < 4.78 is 5.21. The number of furan rings is 1. The lowest BCUT2D eigenvalue weighted by Crippen LogP contribution is -2.61. The average molecular weight is 334 g/mol. The van der Waals surface area contributed by atoms with Gasteiger partial charge >= 0.3 is 6.03 Å². The Hall–Kier alpha value is -2.02. The van der Waals surface area contributed by atoms with Crippen LogP contribution in [0.1, 0.15) is 26.0 Å². The molecule has 0 aliphatic carbocycles. The summed E-state index contributed by atoms with van der Waals surface area (Å²) in [7, 11) is 1.99. The monoisotopic (exact) mass is 334 g/mol. The van der Waals surface area contributed by atoms with Crippen molar-refractivity contribution in [2.75, 3.05) is 26.7 Å². The Labute approximate surface area is 142 Å². The van der Waals surface area contributed by atoms with Gasteiger partial charge in [-0.05, 0) is 39.4 Å². The molecule has 2 fully saturated rings. The number of hydrogen-bond donors (Lipinski definition) is 2. The number of carbonyl (C=O) groups is 2. The molecular weight excluding hydrogens is 308 g/mol. The Bertz CT molecular complexity index is 593. The number of likely N-dealkylation sites (tertiary alicyclic amines) is 2. The first-order valence-corrected chi connectivity index (χ1v) is 8.44. The molecule has 0 radical (unpaired) electrons. The van der Waals surface area contributed by atoms with Crippen LogP contribution < -0.4 is 10.6 Å². The Kier molecular flexibility index (Phi) is 4.54. The zero-order chi connectivity index (χ0) is 17.3. The normalized spacial score (nSPS) is 22.7. The topological polar surface area (TPSA) is 77.8 Å². The first kappa shape index (κ1) is 16.8. The molecule has 24 heavy (non-hydrogen) atoms. The van der Waals surface area contributed by atoms with Gasteiger partial charge in [-0.25, -0.2) is 4.79 Å². The molecule has 0 bridgehead atoms. The maximum Gasteiger partial charge on any atom is 0.317 e.